The van der Waals surface area contributed by atoms with Gasteiger partial charge in [-0.2, -0.15) is 0 Å². The minimum Gasteiger partial charge on any atom is -0.396 e. The summed E-state index contributed by atoms with van der Waals surface area (Å²) < 4.78 is 0. The van der Waals surface area contributed by atoms with E-state index >= 15 is 0 Å². The summed E-state index contributed by atoms with van der Waals surface area (Å²) in [6, 6.07) is 3.62. The quantitative estimate of drug-likeness (QED) is 0.624. The average molecular weight is 237 g/mol. The molecule has 0 aliphatic rings. The van der Waals surface area contributed by atoms with E-state index in [-0.39, 0.29) is 0 Å². The van der Waals surface area contributed by atoms with Crippen molar-refractivity contribution in [2.45, 2.75) is 20.3 Å². The van der Waals surface area contributed by atoms with E-state index in [4.69, 9.17) is 11.5 Å². The van der Waals surface area contributed by atoms with Crippen LogP contribution in [0, 0.1) is 0 Å². The van der Waals surface area contributed by atoms with Crippen LogP contribution in [0.25, 0.3) is 0 Å². The first-order valence-electron chi connectivity index (χ1n) is 6.15. The lowest BCUT2D eigenvalue weighted by Gasteiger charge is -2.17. The van der Waals surface area contributed by atoms with Crippen LogP contribution < -0.4 is 16.8 Å². The number of nitrogens with one attached hydrogen (secondary N) is 1. The van der Waals surface area contributed by atoms with Crippen LogP contribution in [0.3, 0.4) is 0 Å². The molecule has 0 aromatic carbocycles. The lowest BCUT2D eigenvalue weighted by atomic mass is 10.3. The van der Waals surface area contributed by atoms with Crippen molar-refractivity contribution >= 4 is 17.3 Å². The summed E-state index contributed by atoms with van der Waals surface area (Å²) >= 11 is 0. The highest BCUT2D eigenvalue weighted by Crippen LogP contribution is 2.14. The van der Waals surface area contributed by atoms with Gasteiger partial charge in [-0.3, -0.25) is 0 Å². The third-order valence-electron chi connectivity index (χ3n) is 2.81. The first-order valence-corrected chi connectivity index (χ1v) is 6.15. The fourth-order valence-electron chi connectivity index (χ4n) is 1.64. The van der Waals surface area contributed by atoms with Gasteiger partial charge in [-0.05, 0) is 38.2 Å². The number of anilines is 3. The smallest absolute Gasteiger partial charge is 0.149 e. The summed E-state index contributed by atoms with van der Waals surface area (Å²) in [7, 11) is 0. The number of nitrogen functional groups attached to an aromatic ring is 2. The molecule has 96 valence electrons. The molecule has 0 radical (unpaired) electrons. The summed E-state index contributed by atoms with van der Waals surface area (Å²) in [5.41, 5.74) is 11.8. The van der Waals surface area contributed by atoms with Crippen molar-refractivity contribution in [2.75, 3.05) is 43.0 Å². The number of rotatable bonds is 7. The van der Waals surface area contributed by atoms with E-state index in [0.29, 0.717) is 11.5 Å². The van der Waals surface area contributed by atoms with Crippen molar-refractivity contribution in [3.8, 4) is 0 Å². The molecule has 0 saturated carbocycles. The summed E-state index contributed by atoms with van der Waals surface area (Å²) in [6.45, 7) is 8.56. The summed E-state index contributed by atoms with van der Waals surface area (Å²) in [6.07, 6.45) is 1.09. The van der Waals surface area contributed by atoms with Gasteiger partial charge in [-0.25, -0.2) is 4.98 Å². The zero-order chi connectivity index (χ0) is 12.7. The Hall–Kier alpha value is -1.49. The van der Waals surface area contributed by atoms with Crippen LogP contribution in [-0.2, 0) is 0 Å². The molecule has 0 unspecified atom stereocenters. The van der Waals surface area contributed by atoms with E-state index < -0.39 is 0 Å². The predicted octanol–water partition coefficient (Wildman–Crippen LogP) is 1.39. The Morgan fingerprint density at radius 2 is 1.94 bits per heavy atom. The van der Waals surface area contributed by atoms with Gasteiger partial charge in [0.15, 0.2) is 0 Å². The second-order valence-corrected chi connectivity index (χ2v) is 3.98. The third kappa shape index (κ3) is 4.48. The number of hydrogen-bond donors (Lipinski definition) is 3. The number of aromatic nitrogens is 1. The molecular formula is C12H23N5. The number of nitrogens with zero attached hydrogens (tertiary/aromatic N) is 2. The zero-order valence-electron chi connectivity index (χ0n) is 10.7. The van der Waals surface area contributed by atoms with E-state index in [1.54, 1.807) is 6.07 Å². The van der Waals surface area contributed by atoms with Crippen LogP contribution in [0.5, 0.6) is 0 Å². The van der Waals surface area contributed by atoms with E-state index in [1.807, 2.05) is 6.07 Å². The predicted molar refractivity (Wildman–Crippen MR) is 74.0 cm³/mol. The minimum absolute atomic E-state index is 0.388. The lowest BCUT2D eigenvalue weighted by Crippen LogP contribution is -2.25. The lowest BCUT2D eigenvalue weighted by molar-refractivity contribution is 0.303. The fourth-order valence-corrected chi connectivity index (χ4v) is 1.64. The van der Waals surface area contributed by atoms with Gasteiger partial charge in [0.25, 0.3) is 0 Å². The number of nitrogens with two attached hydrogens (primary N) is 2. The van der Waals surface area contributed by atoms with Crippen molar-refractivity contribution in [1.29, 1.82) is 0 Å². The van der Waals surface area contributed by atoms with Crippen LogP contribution in [0.2, 0.25) is 0 Å². The molecular weight excluding hydrogens is 214 g/mol. The van der Waals surface area contributed by atoms with E-state index in [9.17, 15) is 0 Å². The molecule has 1 aromatic heterocycles. The van der Waals surface area contributed by atoms with Gasteiger partial charge in [-0.1, -0.05) is 13.8 Å². The maximum Gasteiger partial charge on any atom is 0.149 e. The molecule has 0 aliphatic carbocycles. The van der Waals surface area contributed by atoms with Gasteiger partial charge in [0.2, 0.25) is 0 Å². The summed E-state index contributed by atoms with van der Waals surface area (Å²) in [4.78, 5) is 6.55. The molecule has 0 fully saturated rings. The highest BCUT2D eigenvalue weighted by atomic mass is 15.1. The molecule has 0 spiro atoms. The van der Waals surface area contributed by atoms with Crippen LogP contribution >= 0.6 is 0 Å². The fraction of sp³-hybridized carbons (Fsp3) is 0.583. The van der Waals surface area contributed by atoms with Crippen molar-refractivity contribution in [3.63, 3.8) is 0 Å². The van der Waals surface area contributed by atoms with Gasteiger partial charge >= 0.3 is 0 Å². The van der Waals surface area contributed by atoms with Gasteiger partial charge in [0.05, 0.1) is 5.69 Å². The third-order valence-corrected chi connectivity index (χ3v) is 2.81. The Labute approximate surface area is 103 Å². The molecule has 1 aromatic rings. The topological polar surface area (TPSA) is 80.2 Å². The van der Waals surface area contributed by atoms with Crippen molar-refractivity contribution in [3.05, 3.63) is 12.1 Å². The Bertz CT molecular complexity index is 336. The molecule has 0 saturated heterocycles. The maximum atomic E-state index is 5.63. The normalized spacial score (nSPS) is 10.8. The second kappa shape index (κ2) is 6.96. The number of pyridine rings is 1. The molecule has 1 heterocycles. The van der Waals surface area contributed by atoms with Crippen molar-refractivity contribution in [2.24, 2.45) is 0 Å². The largest absolute Gasteiger partial charge is 0.396 e. The maximum absolute atomic E-state index is 5.63. The SMILES string of the molecule is CCN(CC)CCCNc1ccc(N)c(N)n1. The highest BCUT2D eigenvalue weighted by Gasteiger charge is 2.00. The van der Waals surface area contributed by atoms with Gasteiger partial charge in [0, 0.05) is 6.54 Å². The summed E-state index contributed by atoms with van der Waals surface area (Å²) in [5.74, 6) is 1.18. The minimum atomic E-state index is 0.388. The molecule has 0 amide bonds. The van der Waals surface area contributed by atoms with Crippen LogP contribution in [0.1, 0.15) is 20.3 Å². The van der Waals surface area contributed by atoms with E-state index in [0.717, 1.165) is 38.4 Å². The Morgan fingerprint density at radius 3 is 2.53 bits per heavy atom. The van der Waals surface area contributed by atoms with E-state index in [2.05, 4.69) is 29.0 Å². The highest BCUT2D eigenvalue weighted by molar-refractivity contribution is 5.61. The average Bonchev–Trinajstić information content (AvgIpc) is 2.34. The van der Waals surface area contributed by atoms with Crippen LogP contribution in [-0.4, -0.2) is 36.1 Å². The summed E-state index contributed by atoms with van der Waals surface area (Å²) in [5, 5.41) is 3.24. The molecule has 5 N–H and O–H groups in total. The molecule has 5 heteroatoms. The Morgan fingerprint density at radius 1 is 1.24 bits per heavy atom. The zero-order valence-corrected chi connectivity index (χ0v) is 10.7. The van der Waals surface area contributed by atoms with E-state index in [1.165, 1.54) is 0 Å². The Balaban J connectivity index is 2.28. The molecule has 5 nitrogen and oxygen atoms in total. The van der Waals surface area contributed by atoms with Gasteiger partial charge in [0.1, 0.15) is 11.6 Å². The number of hydrogen-bond acceptors (Lipinski definition) is 5. The molecule has 0 atom stereocenters. The first kappa shape index (κ1) is 13.6. The van der Waals surface area contributed by atoms with Crippen LogP contribution in [0.15, 0.2) is 12.1 Å². The van der Waals surface area contributed by atoms with Gasteiger partial charge < -0.3 is 21.7 Å². The van der Waals surface area contributed by atoms with Gasteiger partial charge in [-0.15, -0.1) is 0 Å². The van der Waals surface area contributed by atoms with Crippen LogP contribution in [0.4, 0.5) is 17.3 Å². The first-order chi connectivity index (χ1) is 8.17. The van der Waals surface area contributed by atoms with Crippen molar-refractivity contribution < 1.29 is 0 Å². The monoisotopic (exact) mass is 237 g/mol. The standard InChI is InChI=1S/C12H23N5/c1-3-17(4-2)9-5-8-15-11-7-6-10(13)12(14)16-11/h6-7H,3-5,8-9,13H2,1-2H3,(H3,14,15,16). The molecule has 0 aliphatic heterocycles. The molecule has 17 heavy (non-hydrogen) atoms. The molecule has 1 rings (SSSR count). The van der Waals surface area contributed by atoms with Crippen molar-refractivity contribution in [1.82, 2.24) is 9.88 Å². The second-order valence-electron chi connectivity index (χ2n) is 3.98. The Kier molecular flexibility index (Phi) is 5.56. The molecule has 0 bridgehead atoms.